The zero-order valence-corrected chi connectivity index (χ0v) is 14.4. The molecule has 0 amide bonds. The zero-order valence-electron chi connectivity index (χ0n) is 14.4. The number of hydrazone groups is 1. The predicted molar refractivity (Wildman–Crippen MR) is 92.2 cm³/mol. The molecule has 1 N–H and O–H groups in total. The van der Waals surface area contributed by atoms with Gasteiger partial charge in [0.25, 0.3) is 5.69 Å². The lowest BCUT2D eigenvalue weighted by atomic mass is 9.83. The van der Waals surface area contributed by atoms with Crippen molar-refractivity contribution in [3.05, 3.63) is 51.2 Å². The molecular weight excluding hydrogens is 326 g/mol. The first-order chi connectivity index (χ1) is 12.0. The van der Waals surface area contributed by atoms with Crippen LogP contribution in [0.2, 0.25) is 0 Å². The van der Waals surface area contributed by atoms with E-state index in [2.05, 4.69) is 10.5 Å². The summed E-state index contributed by atoms with van der Waals surface area (Å²) >= 11 is 0. The third-order valence-corrected chi connectivity index (χ3v) is 3.94. The van der Waals surface area contributed by atoms with Crippen LogP contribution in [-0.2, 0) is 14.3 Å². The normalized spacial score (nSPS) is 16.9. The van der Waals surface area contributed by atoms with Gasteiger partial charge in [0.15, 0.2) is 0 Å². The fourth-order valence-corrected chi connectivity index (χ4v) is 2.75. The molecule has 8 heteroatoms. The van der Waals surface area contributed by atoms with E-state index in [4.69, 9.17) is 9.47 Å². The number of nitrogens with zero attached hydrogens (tertiary/aromatic N) is 2. The highest BCUT2D eigenvalue weighted by Crippen LogP contribution is 2.37. The van der Waals surface area contributed by atoms with Gasteiger partial charge in [-0.05, 0) is 13.3 Å². The molecular formula is C17H21N3O5. The molecule has 0 saturated carbocycles. The van der Waals surface area contributed by atoms with Crippen molar-refractivity contribution < 1.29 is 19.2 Å². The average molecular weight is 347 g/mol. The van der Waals surface area contributed by atoms with Crippen LogP contribution in [0.15, 0.2) is 40.6 Å². The highest BCUT2D eigenvalue weighted by molar-refractivity contribution is 6.05. The number of ether oxygens (including phenoxy) is 2. The van der Waals surface area contributed by atoms with Crippen molar-refractivity contribution in [1.82, 2.24) is 5.43 Å². The van der Waals surface area contributed by atoms with Crippen LogP contribution in [0.3, 0.4) is 0 Å². The van der Waals surface area contributed by atoms with Gasteiger partial charge < -0.3 is 9.47 Å². The number of nitrogens with one attached hydrogen (secondary N) is 1. The van der Waals surface area contributed by atoms with E-state index in [0.717, 1.165) is 0 Å². The zero-order chi connectivity index (χ0) is 18.4. The summed E-state index contributed by atoms with van der Waals surface area (Å²) in [5.74, 6) is -1.16. The van der Waals surface area contributed by atoms with E-state index in [-0.39, 0.29) is 18.9 Å². The molecule has 0 aliphatic carbocycles. The van der Waals surface area contributed by atoms with Gasteiger partial charge in [0.1, 0.15) is 6.61 Å². The minimum absolute atomic E-state index is 0.0504. The van der Waals surface area contributed by atoms with Crippen molar-refractivity contribution in [2.75, 3.05) is 20.3 Å². The predicted octanol–water partition coefficient (Wildman–Crippen LogP) is 2.51. The van der Waals surface area contributed by atoms with E-state index in [1.54, 1.807) is 25.1 Å². The Hall–Kier alpha value is -2.74. The molecule has 1 aromatic rings. The number of carbonyl (C=O) groups excluding carboxylic acids is 1. The van der Waals surface area contributed by atoms with Crippen molar-refractivity contribution in [2.24, 2.45) is 5.10 Å². The number of methoxy groups -OCH3 is 1. The van der Waals surface area contributed by atoms with Crippen LogP contribution < -0.4 is 5.43 Å². The lowest BCUT2D eigenvalue weighted by Gasteiger charge is -2.26. The molecule has 1 aliphatic rings. The summed E-state index contributed by atoms with van der Waals surface area (Å²) in [6, 6.07) is 6.38. The van der Waals surface area contributed by atoms with Crippen LogP contribution in [0.1, 0.15) is 31.7 Å². The minimum atomic E-state index is -0.622. The van der Waals surface area contributed by atoms with Gasteiger partial charge in [-0.2, -0.15) is 5.10 Å². The maximum Gasteiger partial charge on any atom is 0.336 e. The molecule has 1 aromatic carbocycles. The molecule has 0 aromatic heterocycles. The molecule has 2 rings (SSSR count). The van der Waals surface area contributed by atoms with E-state index in [1.807, 2.05) is 6.92 Å². The van der Waals surface area contributed by atoms with Crippen LogP contribution in [0.5, 0.6) is 0 Å². The van der Waals surface area contributed by atoms with Gasteiger partial charge in [0, 0.05) is 24.4 Å². The molecule has 134 valence electrons. The molecule has 0 fully saturated rings. The quantitative estimate of drug-likeness (QED) is 0.352. The first-order valence-electron chi connectivity index (χ1n) is 7.93. The number of hydrogen-bond donors (Lipinski definition) is 1. The standard InChI is InChI=1S/C17H21N3O5/c1-4-13-16(12-7-5-6-8-14(12)20(22)23)15(11(2)18-19-13)17(21)25-10-9-24-3/h5-8,16,18H,4,9-10H2,1-3H3. The summed E-state index contributed by atoms with van der Waals surface area (Å²) in [6.45, 7) is 3.96. The van der Waals surface area contributed by atoms with Crippen molar-refractivity contribution in [1.29, 1.82) is 0 Å². The number of para-hydroxylation sites is 1. The van der Waals surface area contributed by atoms with Gasteiger partial charge in [-0.15, -0.1) is 0 Å². The first-order valence-corrected chi connectivity index (χ1v) is 7.93. The maximum absolute atomic E-state index is 12.6. The van der Waals surface area contributed by atoms with Crippen molar-refractivity contribution in [3.63, 3.8) is 0 Å². The molecule has 1 atom stereocenters. The van der Waals surface area contributed by atoms with Crippen molar-refractivity contribution in [3.8, 4) is 0 Å². The molecule has 1 heterocycles. The summed E-state index contributed by atoms with van der Waals surface area (Å²) in [7, 11) is 1.51. The molecule has 1 unspecified atom stereocenters. The Balaban J connectivity index is 2.49. The Morgan fingerprint density at radius 2 is 2.08 bits per heavy atom. The highest BCUT2D eigenvalue weighted by Gasteiger charge is 2.36. The van der Waals surface area contributed by atoms with Gasteiger partial charge >= 0.3 is 5.97 Å². The summed E-state index contributed by atoms with van der Waals surface area (Å²) in [4.78, 5) is 23.6. The fraction of sp³-hybridized carbons (Fsp3) is 0.412. The Morgan fingerprint density at radius 3 is 2.72 bits per heavy atom. The molecule has 0 radical (unpaired) electrons. The third-order valence-electron chi connectivity index (χ3n) is 3.94. The lowest BCUT2D eigenvalue weighted by molar-refractivity contribution is -0.385. The SMILES string of the molecule is CCC1=NNC(C)=C(C(=O)OCCOC)C1c1ccccc1[N+](=O)[O-]. The molecule has 8 nitrogen and oxygen atoms in total. The smallest absolute Gasteiger partial charge is 0.336 e. The third kappa shape index (κ3) is 4.03. The first kappa shape index (κ1) is 18.6. The van der Waals surface area contributed by atoms with Crippen molar-refractivity contribution >= 4 is 17.4 Å². The Kier molecular flexibility index (Phi) is 6.24. The Bertz CT molecular complexity index is 727. The van der Waals surface area contributed by atoms with Crippen LogP contribution in [-0.4, -0.2) is 36.9 Å². The van der Waals surface area contributed by atoms with Gasteiger partial charge in [0.2, 0.25) is 0 Å². The number of rotatable bonds is 7. The summed E-state index contributed by atoms with van der Waals surface area (Å²) in [5.41, 5.74) is 4.68. The van der Waals surface area contributed by atoms with Gasteiger partial charge in [-0.1, -0.05) is 25.1 Å². The number of hydrogen-bond acceptors (Lipinski definition) is 7. The van der Waals surface area contributed by atoms with Crippen LogP contribution in [0.25, 0.3) is 0 Å². The number of benzene rings is 1. The summed E-state index contributed by atoms with van der Waals surface area (Å²) in [6.07, 6.45) is 0.534. The van der Waals surface area contributed by atoms with E-state index < -0.39 is 16.8 Å². The van der Waals surface area contributed by atoms with Crippen LogP contribution >= 0.6 is 0 Å². The summed E-state index contributed by atoms with van der Waals surface area (Å²) < 4.78 is 10.1. The molecule has 25 heavy (non-hydrogen) atoms. The largest absolute Gasteiger partial charge is 0.460 e. The van der Waals surface area contributed by atoms with Crippen LogP contribution in [0.4, 0.5) is 5.69 Å². The molecule has 0 saturated heterocycles. The maximum atomic E-state index is 12.6. The van der Waals surface area contributed by atoms with Gasteiger partial charge in [-0.25, -0.2) is 4.79 Å². The molecule has 1 aliphatic heterocycles. The Morgan fingerprint density at radius 1 is 1.36 bits per heavy atom. The van der Waals surface area contributed by atoms with Gasteiger partial charge in [-0.3, -0.25) is 15.5 Å². The fourth-order valence-electron chi connectivity index (χ4n) is 2.75. The number of carbonyl (C=O) groups is 1. The second-order valence-electron chi connectivity index (χ2n) is 5.48. The molecule has 0 spiro atoms. The number of esters is 1. The Labute approximate surface area is 145 Å². The van der Waals surface area contributed by atoms with E-state index in [1.165, 1.54) is 13.2 Å². The van der Waals surface area contributed by atoms with Crippen molar-refractivity contribution in [2.45, 2.75) is 26.2 Å². The molecule has 0 bridgehead atoms. The van der Waals surface area contributed by atoms with E-state index in [0.29, 0.717) is 29.0 Å². The summed E-state index contributed by atoms with van der Waals surface area (Å²) in [5, 5.41) is 15.7. The topological polar surface area (TPSA) is 103 Å². The minimum Gasteiger partial charge on any atom is -0.460 e. The monoisotopic (exact) mass is 347 g/mol. The second kappa shape index (κ2) is 8.39. The average Bonchev–Trinajstić information content (AvgIpc) is 2.61. The highest BCUT2D eigenvalue weighted by atomic mass is 16.6. The van der Waals surface area contributed by atoms with E-state index >= 15 is 0 Å². The van der Waals surface area contributed by atoms with E-state index in [9.17, 15) is 14.9 Å². The number of nitro benzene ring substituents is 1. The number of allylic oxidation sites excluding steroid dienone is 1. The number of nitro groups is 1. The van der Waals surface area contributed by atoms with Crippen LogP contribution in [0, 0.1) is 10.1 Å². The van der Waals surface area contributed by atoms with Gasteiger partial charge in [0.05, 0.1) is 28.7 Å². The lowest BCUT2D eigenvalue weighted by Crippen LogP contribution is -2.31. The second-order valence-corrected chi connectivity index (χ2v) is 5.48.